The Kier molecular flexibility index (Phi) is 11.9. The fraction of sp³-hybridized carbons (Fsp3) is 0.545. The Morgan fingerprint density at radius 1 is 1.02 bits per heavy atom. The molecular weight excluding hydrogens is 558 g/mol. The second kappa shape index (κ2) is 16.1. The number of imidazole rings is 1. The van der Waals surface area contributed by atoms with Crippen LogP contribution in [0.4, 0.5) is 0 Å². The molecule has 0 radical (unpaired) electrons. The number of aromatic amines is 1. The number of likely N-dealkylation sites (tertiary alicyclic amines) is 1. The molecule has 1 aromatic carbocycles. The number of amides is 4. The number of hydrogen-bond donors (Lipinski definition) is 5. The SMILES string of the molecule is CNC(C(=O)NCCCCC(=O)NCc1ccc(C#Cc2cnc(C3CCCN3C(=O)CNC(=O)C3CC3)[nH]2)cc1)C(C)C. The molecule has 11 nitrogen and oxygen atoms in total. The third kappa shape index (κ3) is 9.67. The molecule has 4 rings (SSSR count). The number of benzene rings is 1. The van der Waals surface area contributed by atoms with Gasteiger partial charge in [0.05, 0.1) is 24.8 Å². The Hall–Kier alpha value is -4.17. The smallest absolute Gasteiger partial charge is 0.242 e. The Morgan fingerprint density at radius 2 is 1.80 bits per heavy atom. The highest BCUT2D eigenvalue weighted by atomic mass is 16.2. The summed E-state index contributed by atoms with van der Waals surface area (Å²) in [6.45, 7) is 5.66. The minimum atomic E-state index is -0.209. The molecule has 1 aliphatic heterocycles. The van der Waals surface area contributed by atoms with E-state index in [1.165, 1.54) is 0 Å². The lowest BCUT2D eigenvalue weighted by molar-refractivity contribution is -0.134. The van der Waals surface area contributed by atoms with Crippen LogP contribution in [-0.4, -0.2) is 71.2 Å². The molecule has 2 atom stereocenters. The highest BCUT2D eigenvalue weighted by Crippen LogP contribution is 2.31. The van der Waals surface area contributed by atoms with Gasteiger partial charge in [0.15, 0.2) is 0 Å². The van der Waals surface area contributed by atoms with Gasteiger partial charge in [-0.1, -0.05) is 31.9 Å². The van der Waals surface area contributed by atoms with Crippen LogP contribution in [-0.2, 0) is 25.7 Å². The fourth-order valence-corrected chi connectivity index (χ4v) is 5.31. The molecule has 0 spiro atoms. The quantitative estimate of drug-likeness (QED) is 0.165. The van der Waals surface area contributed by atoms with Crippen molar-refractivity contribution in [1.82, 2.24) is 36.1 Å². The first kappa shape index (κ1) is 32.7. The van der Waals surface area contributed by atoms with E-state index in [1.807, 2.05) is 38.1 Å². The summed E-state index contributed by atoms with van der Waals surface area (Å²) in [5.41, 5.74) is 2.48. The summed E-state index contributed by atoms with van der Waals surface area (Å²) in [6, 6.07) is 7.35. The number of rotatable bonds is 14. The van der Waals surface area contributed by atoms with Gasteiger partial charge in [-0.2, -0.15) is 0 Å². The normalized spacial score (nSPS) is 16.6. The number of nitrogens with one attached hydrogen (secondary N) is 5. The molecular formula is C33H45N7O4. The van der Waals surface area contributed by atoms with Gasteiger partial charge in [0.2, 0.25) is 23.6 Å². The molecule has 4 amide bonds. The summed E-state index contributed by atoms with van der Waals surface area (Å²) in [6.07, 6.45) is 7.06. The molecule has 2 fully saturated rings. The van der Waals surface area contributed by atoms with E-state index in [4.69, 9.17) is 0 Å². The van der Waals surface area contributed by atoms with Crippen molar-refractivity contribution in [2.75, 3.05) is 26.7 Å². The van der Waals surface area contributed by atoms with E-state index in [-0.39, 0.29) is 54.1 Å². The van der Waals surface area contributed by atoms with Crippen molar-refractivity contribution in [3.63, 3.8) is 0 Å². The van der Waals surface area contributed by atoms with Gasteiger partial charge in [-0.15, -0.1) is 0 Å². The maximum Gasteiger partial charge on any atom is 0.242 e. The van der Waals surface area contributed by atoms with Crippen molar-refractivity contribution < 1.29 is 19.2 Å². The lowest BCUT2D eigenvalue weighted by atomic mass is 10.0. The van der Waals surface area contributed by atoms with Crippen molar-refractivity contribution in [3.8, 4) is 11.8 Å². The minimum absolute atomic E-state index is 0.00853. The Balaban J connectivity index is 1.17. The molecule has 2 aliphatic rings. The van der Waals surface area contributed by atoms with Crippen molar-refractivity contribution >= 4 is 23.6 Å². The van der Waals surface area contributed by atoms with Gasteiger partial charge in [-0.3, -0.25) is 19.2 Å². The predicted octanol–water partition coefficient (Wildman–Crippen LogP) is 2.15. The van der Waals surface area contributed by atoms with Gasteiger partial charge in [0.25, 0.3) is 0 Å². The summed E-state index contributed by atoms with van der Waals surface area (Å²) in [5, 5.41) is 11.7. The number of carbonyl (C=O) groups is 4. The molecule has 2 heterocycles. The van der Waals surface area contributed by atoms with Crippen LogP contribution in [0.2, 0.25) is 0 Å². The maximum absolute atomic E-state index is 12.7. The maximum atomic E-state index is 12.7. The Labute approximate surface area is 259 Å². The largest absolute Gasteiger partial charge is 0.355 e. The van der Waals surface area contributed by atoms with E-state index in [9.17, 15) is 19.2 Å². The molecule has 0 bridgehead atoms. The molecule has 1 saturated heterocycles. The number of carbonyl (C=O) groups excluding carboxylic acids is 4. The van der Waals surface area contributed by atoms with Crippen molar-refractivity contribution in [2.24, 2.45) is 11.8 Å². The number of likely N-dealkylation sites (N-methyl/N-ethyl adjacent to an activating group) is 1. The van der Waals surface area contributed by atoms with Crippen LogP contribution in [0.15, 0.2) is 30.5 Å². The van der Waals surface area contributed by atoms with E-state index in [0.29, 0.717) is 44.0 Å². The van der Waals surface area contributed by atoms with Gasteiger partial charge in [0, 0.05) is 37.5 Å². The third-order valence-electron chi connectivity index (χ3n) is 8.02. The van der Waals surface area contributed by atoms with E-state index in [0.717, 1.165) is 43.2 Å². The van der Waals surface area contributed by atoms with Crippen molar-refractivity contribution in [1.29, 1.82) is 0 Å². The summed E-state index contributed by atoms with van der Waals surface area (Å²) in [5.74, 6) is 7.09. The molecule has 11 heteroatoms. The molecule has 44 heavy (non-hydrogen) atoms. The van der Waals surface area contributed by atoms with Crippen molar-refractivity contribution in [3.05, 3.63) is 53.1 Å². The molecule has 2 unspecified atom stereocenters. The molecule has 236 valence electrons. The van der Waals surface area contributed by atoms with Gasteiger partial charge < -0.3 is 31.2 Å². The predicted molar refractivity (Wildman–Crippen MR) is 167 cm³/mol. The number of hydrogen-bond acceptors (Lipinski definition) is 6. The van der Waals surface area contributed by atoms with E-state index in [2.05, 4.69) is 43.1 Å². The topological polar surface area (TPSA) is 148 Å². The lowest BCUT2D eigenvalue weighted by Crippen LogP contribution is -2.46. The van der Waals surface area contributed by atoms with Crippen LogP contribution in [0, 0.1) is 23.7 Å². The first-order chi connectivity index (χ1) is 21.2. The van der Waals surface area contributed by atoms with Crippen molar-refractivity contribution in [2.45, 2.75) is 77.4 Å². The second-order valence-electron chi connectivity index (χ2n) is 11.9. The Bertz CT molecular complexity index is 1350. The lowest BCUT2D eigenvalue weighted by Gasteiger charge is -2.23. The minimum Gasteiger partial charge on any atom is -0.355 e. The molecule has 1 aliphatic carbocycles. The number of aromatic nitrogens is 2. The highest BCUT2D eigenvalue weighted by molar-refractivity contribution is 5.87. The average Bonchev–Trinajstić information content (AvgIpc) is 3.56. The average molecular weight is 604 g/mol. The highest BCUT2D eigenvalue weighted by Gasteiger charge is 2.33. The van der Waals surface area contributed by atoms with Gasteiger partial charge >= 0.3 is 0 Å². The summed E-state index contributed by atoms with van der Waals surface area (Å²) < 4.78 is 0. The molecule has 1 aromatic heterocycles. The number of H-pyrrole nitrogens is 1. The van der Waals surface area contributed by atoms with E-state index < -0.39 is 0 Å². The fourth-order valence-electron chi connectivity index (χ4n) is 5.31. The van der Waals surface area contributed by atoms with Crippen LogP contribution in [0.25, 0.3) is 0 Å². The van der Waals surface area contributed by atoms with Crippen LogP contribution in [0.5, 0.6) is 0 Å². The van der Waals surface area contributed by atoms with Crippen LogP contribution < -0.4 is 21.3 Å². The standard InChI is InChI=1S/C33H45N7O4/c1-22(2)30(34-3)33(44)35-17-5-4-8-28(41)36-19-24-11-9-23(10-12-24)13-16-26-20-37-31(39-26)27-7-6-18-40(27)29(42)21-38-32(43)25-14-15-25/h9-12,20,22,25,27,30,34H,4-8,14-15,17-19,21H2,1-3H3,(H,35,44)(H,36,41)(H,37,39)(H,38,43). The second-order valence-corrected chi connectivity index (χ2v) is 11.9. The molecule has 2 aromatic rings. The van der Waals surface area contributed by atoms with Crippen LogP contribution >= 0.6 is 0 Å². The number of unbranched alkanes of at least 4 members (excludes halogenated alkanes) is 1. The third-order valence-corrected chi connectivity index (χ3v) is 8.02. The van der Waals surface area contributed by atoms with Crippen LogP contribution in [0.1, 0.15) is 87.5 Å². The monoisotopic (exact) mass is 603 g/mol. The summed E-state index contributed by atoms with van der Waals surface area (Å²) in [7, 11) is 1.78. The van der Waals surface area contributed by atoms with E-state index in [1.54, 1.807) is 18.1 Å². The number of nitrogens with zero attached hydrogens (tertiary/aromatic N) is 2. The first-order valence-corrected chi connectivity index (χ1v) is 15.7. The zero-order valence-electron chi connectivity index (χ0n) is 26.0. The molecule has 1 saturated carbocycles. The summed E-state index contributed by atoms with van der Waals surface area (Å²) >= 11 is 0. The first-order valence-electron chi connectivity index (χ1n) is 15.7. The van der Waals surface area contributed by atoms with Gasteiger partial charge in [0.1, 0.15) is 11.5 Å². The summed E-state index contributed by atoms with van der Waals surface area (Å²) in [4.78, 5) is 58.6. The van der Waals surface area contributed by atoms with Gasteiger partial charge in [-0.05, 0) is 75.1 Å². The van der Waals surface area contributed by atoms with Gasteiger partial charge in [-0.25, -0.2) is 4.98 Å². The zero-order valence-corrected chi connectivity index (χ0v) is 26.0. The molecule has 5 N–H and O–H groups in total. The Morgan fingerprint density at radius 3 is 2.50 bits per heavy atom. The zero-order chi connectivity index (χ0) is 31.5. The van der Waals surface area contributed by atoms with Crippen LogP contribution in [0.3, 0.4) is 0 Å². The van der Waals surface area contributed by atoms with E-state index >= 15 is 0 Å².